The summed E-state index contributed by atoms with van der Waals surface area (Å²) < 4.78 is 5.47. The van der Waals surface area contributed by atoms with Crippen molar-refractivity contribution in [2.24, 2.45) is 0 Å². The number of ether oxygens (including phenoxy) is 1. The van der Waals surface area contributed by atoms with Crippen LogP contribution in [0.4, 0.5) is 0 Å². The summed E-state index contributed by atoms with van der Waals surface area (Å²) in [5, 5.41) is 0. The van der Waals surface area contributed by atoms with Gasteiger partial charge < -0.3 is 4.74 Å². The highest BCUT2D eigenvalue weighted by Crippen LogP contribution is 2.18. The Labute approximate surface area is 73.7 Å². The molecule has 1 rings (SSSR count). The molecule has 0 amide bonds. The number of benzene rings is 1. The lowest BCUT2D eigenvalue weighted by Gasteiger charge is -2.06. The summed E-state index contributed by atoms with van der Waals surface area (Å²) in [5.41, 5.74) is 0.950. The van der Waals surface area contributed by atoms with Crippen LogP contribution in [0.15, 0.2) is 24.3 Å². The number of hydrogen-bond donors (Lipinski definition) is 0. The minimum atomic E-state index is 0.741. The minimum absolute atomic E-state index is 0.741. The van der Waals surface area contributed by atoms with E-state index in [0.29, 0.717) is 0 Å². The summed E-state index contributed by atoms with van der Waals surface area (Å²) >= 11 is 0. The Morgan fingerprint density at radius 3 is 2.83 bits per heavy atom. The highest BCUT2D eigenvalue weighted by atomic mass is 16.5. The maximum atomic E-state index is 5.47. The summed E-state index contributed by atoms with van der Waals surface area (Å²) in [4.78, 5) is 0. The molecule has 0 unspecified atom stereocenters. The standard InChI is InChI=1S/C11H13O/c1-3-9-12-11-8-6-5-7-10(11)4-2/h2,4-8H,3,9H2,1H3. The highest BCUT2D eigenvalue weighted by molar-refractivity contribution is 5.54. The summed E-state index contributed by atoms with van der Waals surface area (Å²) in [5.74, 6) is 0.863. The Hall–Kier alpha value is -1.24. The molecule has 0 aliphatic carbocycles. The van der Waals surface area contributed by atoms with Crippen molar-refractivity contribution in [2.45, 2.75) is 13.3 Å². The predicted molar refractivity (Wildman–Crippen MR) is 51.0 cm³/mol. The molecule has 1 aromatic rings. The molecule has 0 N–H and O–H groups in total. The van der Waals surface area contributed by atoms with Crippen LogP contribution in [0.1, 0.15) is 18.9 Å². The average Bonchev–Trinajstić information content (AvgIpc) is 2.15. The first-order valence-electron chi connectivity index (χ1n) is 4.15. The molecule has 0 saturated carbocycles. The predicted octanol–water partition coefficient (Wildman–Crippen LogP) is 2.92. The molecule has 1 aromatic carbocycles. The smallest absolute Gasteiger partial charge is 0.126 e. The molecule has 0 atom stereocenters. The van der Waals surface area contributed by atoms with E-state index in [-0.39, 0.29) is 0 Å². The first-order chi connectivity index (χ1) is 5.88. The van der Waals surface area contributed by atoms with Crippen molar-refractivity contribution >= 4 is 6.08 Å². The van der Waals surface area contributed by atoms with Crippen LogP contribution in [-0.2, 0) is 0 Å². The Balaban J connectivity index is 2.75. The van der Waals surface area contributed by atoms with Gasteiger partial charge in [0.2, 0.25) is 0 Å². The normalized spacial score (nSPS) is 9.42. The van der Waals surface area contributed by atoms with Crippen LogP contribution in [-0.4, -0.2) is 6.61 Å². The van der Waals surface area contributed by atoms with E-state index in [1.807, 2.05) is 24.3 Å². The van der Waals surface area contributed by atoms with Gasteiger partial charge in [0.15, 0.2) is 0 Å². The minimum Gasteiger partial charge on any atom is -0.493 e. The molecule has 1 radical (unpaired) electrons. The molecular formula is C11H13O. The zero-order valence-electron chi connectivity index (χ0n) is 7.29. The Bertz CT molecular complexity index is 253. The number of hydrogen-bond acceptors (Lipinski definition) is 1. The van der Waals surface area contributed by atoms with Gasteiger partial charge in [-0.3, -0.25) is 0 Å². The molecule has 12 heavy (non-hydrogen) atoms. The third kappa shape index (κ3) is 2.12. The van der Waals surface area contributed by atoms with Gasteiger partial charge in [-0.1, -0.05) is 37.8 Å². The largest absolute Gasteiger partial charge is 0.493 e. The van der Waals surface area contributed by atoms with Gasteiger partial charge in [-0.25, -0.2) is 0 Å². The fourth-order valence-corrected chi connectivity index (χ4v) is 0.962. The summed E-state index contributed by atoms with van der Waals surface area (Å²) in [6.45, 7) is 8.24. The van der Waals surface area contributed by atoms with Crippen LogP contribution in [0, 0.1) is 6.58 Å². The van der Waals surface area contributed by atoms with Crippen LogP contribution >= 0.6 is 0 Å². The zero-order chi connectivity index (χ0) is 8.81. The van der Waals surface area contributed by atoms with Gasteiger partial charge in [0.1, 0.15) is 5.75 Å². The van der Waals surface area contributed by atoms with Crippen molar-refractivity contribution in [1.82, 2.24) is 0 Å². The SMILES string of the molecule is [CH]=Cc1ccccc1OCCC. The van der Waals surface area contributed by atoms with Crippen LogP contribution in [0.5, 0.6) is 5.75 Å². The van der Waals surface area contributed by atoms with E-state index >= 15 is 0 Å². The van der Waals surface area contributed by atoms with Gasteiger partial charge in [0.25, 0.3) is 0 Å². The second kappa shape index (κ2) is 4.60. The zero-order valence-corrected chi connectivity index (χ0v) is 7.29. The summed E-state index contributed by atoms with van der Waals surface area (Å²) in [7, 11) is 0. The van der Waals surface area contributed by atoms with E-state index < -0.39 is 0 Å². The molecule has 0 fully saturated rings. The second-order valence-corrected chi connectivity index (χ2v) is 2.55. The second-order valence-electron chi connectivity index (χ2n) is 2.55. The van der Waals surface area contributed by atoms with E-state index in [2.05, 4.69) is 6.92 Å². The third-order valence-electron chi connectivity index (χ3n) is 1.56. The molecule has 0 saturated heterocycles. The molecule has 0 spiro atoms. The Kier molecular flexibility index (Phi) is 3.39. The lowest BCUT2D eigenvalue weighted by atomic mass is 10.2. The third-order valence-corrected chi connectivity index (χ3v) is 1.56. The fourth-order valence-electron chi connectivity index (χ4n) is 0.962. The average molecular weight is 161 g/mol. The first-order valence-corrected chi connectivity index (χ1v) is 4.15. The van der Waals surface area contributed by atoms with E-state index in [4.69, 9.17) is 11.3 Å². The molecule has 0 heterocycles. The van der Waals surface area contributed by atoms with Gasteiger partial charge in [0, 0.05) is 5.56 Å². The van der Waals surface area contributed by atoms with Crippen molar-refractivity contribution < 1.29 is 4.74 Å². The van der Waals surface area contributed by atoms with Crippen molar-refractivity contribution in [3.63, 3.8) is 0 Å². The Morgan fingerprint density at radius 1 is 1.42 bits per heavy atom. The van der Waals surface area contributed by atoms with E-state index in [1.54, 1.807) is 6.08 Å². The van der Waals surface area contributed by atoms with Crippen LogP contribution in [0.3, 0.4) is 0 Å². The van der Waals surface area contributed by atoms with Gasteiger partial charge in [0.05, 0.1) is 6.61 Å². The van der Waals surface area contributed by atoms with Crippen molar-refractivity contribution in [3.8, 4) is 5.75 Å². The van der Waals surface area contributed by atoms with Crippen LogP contribution < -0.4 is 4.74 Å². The maximum Gasteiger partial charge on any atom is 0.126 e. The first kappa shape index (κ1) is 8.85. The maximum absolute atomic E-state index is 5.47. The molecule has 1 nitrogen and oxygen atoms in total. The van der Waals surface area contributed by atoms with E-state index in [9.17, 15) is 0 Å². The molecule has 1 heteroatoms. The van der Waals surface area contributed by atoms with E-state index in [0.717, 1.165) is 24.3 Å². The highest BCUT2D eigenvalue weighted by Gasteiger charge is 1.96. The van der Waals surface area contributed by atoms with Crippen LogP contribution in [0.2, 0.25) is 0 Å². The number of rotatable bonds is 4. The molecule has 0 aromatic heterocycles. The van der Waals surface area contributed by atoms with Gasteiger partial charge in [-0.2, -0.15) is 0 Å². The lowest BCUT2D eigenvalue weighted by molar-refractivity contribution is 0.317. The monoisotopic (exact) mass is 161 g/mol. The van der Waals surface area contributed by atoms with Crippen LogP contribution in [0.25, 0.3) is 6.08 Å². The van der Waals surface area contributed by atoms with E-state index in [1.165, 1.54) is 0 Å². The lowest BCUT2D eigenvalue weighted by Crippen LogP contribution is -1.96. The van der Waals surface area contributed by atoms with Crippen molar-refractivity contribution in [1.29, 1.82) is 0 Å². The van der Waals surface area contributed by atoms with Gasteiger partial charge >= 0.3 is 0 Å². The summed E-state index contributed by atoms with van der Waals surface area (Å²) in [6, 6.07) is 7.74. The Morgan fingerprint density at radius 2 is 2.17 bits per heavy atom. The fraction of sp³-hybridized carbons (Fsp3) is 0.273. The molecular weight excluding hydrogens is 148 g/mol. The van der Waals surface area contributed by atoms with Gasteiger partial charge in [-0.05, 0) is 12.5 Å². The van der Waals surface area contributed by atoms with Crippen molar-refractivity contribution in [3.05, 3.63) is 36.4 Å². The molecule has 0 aliphatic heterocycles. The van der Waals surface area contributed by atoms with Crippen molar-refractivity contribution in [2.75, 3.05) is 6.61 Å². The topological polar surface area (TPSA) is 9.23 Å². The van der Waals surface area contributed by atoms with Gasteiger partial charge in [-0.15, -0.1) is 0 Å². The molecule has 63 valence electrons. The quantitative estimate of drug-likeness (QED) is 0.659. The number of para-hydroxylation sites is 1. The molecule has 0 aliphatic rings. The molecule has 0 bridgehead atoms. The summed E-state index contributed by atoms with van der Waals surface area (Å²) in [6.07, 6.45) is 2.57.